The van der Waals surface area contributed by atoms with Crippen molar-refractivity contribution in [3.8, 4) is 0 Å². The van der Waals surface area contributed by atoms with Crippen LogP contribution in [-0.4, -0.2) is 23.9 Å². The number of hydrogen-bond acceptors (Lipinski definition) is 1. The van der Waals surface area contributed by atoms with Crippen molar-refractivity contribution >= 4 is 5.91 Å². The molecule has 3 aliphatic carbocycles. The number of amides is 1. The fourth-order valence-corrected chi connectivity index (χ4v) is 4.28. The number of carbonyl (C=O) groups excluding carboxylic acids is 1. The third kappa shape index (κ3) is 1.34. The molecule has 0 radical (unpaired) electrons. The molecule has 1 amide bonds. The molecule has 4 fully saturated rings. The lowest BCUT2D eigenvalue weighted by Crippen LogP contribution is -2.56. The Kier molecular flexibility index (Phi) is 2.31. The Hall–Kier alpha value is -0.530. The fraction of sp³-hybridized carbons (Fsp3) is 0.929. The van der Waals surface area contributed by atoms with E-state index in [1.54, 1.807) is 0 Å². The van der Waals surface area contributed by atoms with Crippen LogP contribution >= 0.6 is 0 Å². The summed E-state index contributed by atoms with van der Waals surface area (Å²) in [6.45, 7) is 6.78. The second-order valence-electron chi connectivity index (χ2n) is 6.58. The van der Waals surface area contributed by atoms with Crippen LogP contribution in [0.25, 0.3) is 0 Å². The van der Waals surface area contributed by atoms with Gasteiger partial charge in [0.2, 0.25) is 5.91 Å². The van der Waals surface area contributed by atoms with Crippen molar-refractivity contribution in [1.82, 2.24) is 4.90 Å². The molecule has 2 heteroatoms. The quantitative estimate of drug-likeness (QED) is 0.666. The predicted molar refractivity (Wildman–Crippen MR) is 63.9 cm³/mol. The van der Waals surface area contributed by atoms with Gasteiger partial charge in [0, 0.05) is 19.0 Å². The summed E-state index contributed by atoms with van der Waals surface area (Å²) in [6, 6.07) is 0. The molecular formula is C14H23NO. The standard InChI is InChI=1S/C14H23NO/c1-14(2)10-5-6-11(12(14)9-10)13(16)15-7-3-4-8-15/h10-12H,3-9H2,1-2H3. The van der Waals surface area contributed by atoms with E-state index in [-0.39, 0.29) is 0 Å². The maximum atomic E-state index is 12.4. The highest BCUT2D eigenvalue weighted by Crippen LogP contribution is 2.61. The van der Waals surface area contributed by atoms with Gasteiger partial charge < -0.3 is 4.90 Å². The Labute approximate surface area is 98.4 Å². The molecule has 3 saturated carbocycles. The van der Waals surface area contributed by atoms with Gasteiger partial charge in [0.25, 0.3) is 0 Å². The molecule has 0 N–H and O–H groups in total. The largest absolute Gasteiger partial charge is 0.342 e. The zero-order chi connectivity index (χ0) is 11.3. The third-order valence-corrected chi connectivity index (χ3v) is 5.59. The van der Waals surface area contributed by atoms with E-state index >= 15 is 0 Å². The van der Waals surface area contributed by atoms with Gasteiger partial charge in [-0.05, 0) is 49.4 Å². The Morgan fingerprint density at radius 3 is 2.44 bits per heavy atom. The van der Waals surface area contributed by atoms with E-state index in [0.29, 0.717) is 23.2 Å². The van der Waals surface area contributed by atoms with Gasteiger partial charge in [-0.15, -0.1) is 0 Å². The summed E-state index contributed by atoms with van der Waals surface area (Å²) >= 11 is 0. The molecule has 90 valence electrons. The molecule has 1 aliphatic heterocycles. The SMILES string of the molecule is CC1(C)C2CCC(C(=O)N3CCCC3)C1C2. The average molecular weight is 221 g/mol. The lowest BCUT2D eigenvalue weighted by Gasteiger charge is -2.59. The summed E-state index contributed by atoms with van der Waals surface area (Å²) in [5.74, 6) is 2.42. The molecule has 3 unspecified atom stereocenters. The Morgan fingerprint density at radius 1 is 1.19 bits per heavy atom. The van der Waals surface area contributed by atoms with Gasteiger partial charge in [-0.3, -0.25) is 4.79 Å². The highest BCUT2D eigenvalue weighted by Gasteiger charge is 2.56. The molecular weight excluding hydrogens is 198 g/mol. The van der Waals surface area contributed by atoms with Gasteiger partial charge in [-0.2, -0.15) is 0 Å². The maximum absolute atomic E-state index is 12.4. The monoisotopic (exact) mass is 221 g/mol. The van der Waals surface area contributed by atoms with Gasteiger partial charge in [-0.25, -0.2) is 0 Å². The zero-order valence-electron chi connectivity index (χ0n) is 10.5. The third-order valence-electron chi connectivity index (χ3n) is 5.59. The minimum absolute atomic E-state index is 0.359. The first-order valence-electron chi connectivity index (χ1n) is 6.89. The molecule has 4 aliphatic rings. The van der Waals surface area contributed by atoms with Crippen molar-refractivity contribution in [2.24, 2.45) is 23.2 Å². The van der Waals surface area contributed by atoms with Crippen LogP contribution in [0.5, 0.6) is 0 Å². The maximum Gasteiger partial charge on any atom is 0.225 e. The highest BCUT2D eigenvalue weighted by atomic mass is 16.2. The number of hydrogen-bond donors (Lipinski definition) is 0. The number of fused-ring (bicyclic) bond motifs is 2. The van der Waals surface area contributed by atoms with Crippen LogP contribution in [0, 0.1) is 23.2 Å². The number of rotatable bonds is 1. The van der Waals surface area contributed by atoms with Crippen LogP contribution in [-0.2, 0) is 4.79 Å². The molecule has 3 atom stereocenters. The molecule has 16 heavy (non-hydrogen) atoms. The summed E-state index contributed by atoms with van der Waals surface area (Å²) in [7, 11) is 0. The summed E-state index contributed by atoms with van der Waals surface area (Å²) in [4.78, 5) is 14.6. The van der Waals surface area contributed by atoms with E-state index < -0.39 is 0 Å². The van der Waals surface area contributed by atoms with Gasteiger partial charge in [-0.1, -0.05) is 13.8 Å². The van der Waals surface area contributed by atoms with Gasteiger partial charge in [0.05, 0.1) is 0 Å². The van der Waals surface area contributed by atoms with Crippen LogP contribution in [0.2, 0.25) is 0 Å². The first kappa shape index (κ1) is 10.6. The van der Waals surface area contributed by atoms with Crippen molar-refractivity contribution in [2.45, 2.75) is 46.0 Å². The van der Waals surface area contributed by atoms with Crippen LogP contribution in [0.4, 0.5) is 0 Å². The molecule has 4 rings (SSSR count). The number of likely N-dealkylation sites (tertiary alicyclic amines) is 1. The van der Waals surface area contributed by atoms with Crippen molar-refractivity contribution < 1.29 is 4.79 Å². The molecule has 0 aromatic carbocycles. The lowest BCUT2D eigenvalue weighted by atomic mass is 9.45. The minimum atomic E-state index is 0.359. The predicted octanol–water partition coefficient (Wildman–Crippen LogP) is 2.68. The van der Waals surface area contributed by atoms with Crippen LogP contribution in [0.3, 0.4) is 0 Å². The van der Waals surface area contributed by atoms with E-state index in [1.807, 2.05) is 0 Å². The normalized spacial score (nSPS) is 40.6. The second kappa shape index (κ2) is 3.48. The number of carbonyl (C=O) groups is 1. The minimum Gasteiger partial charge on any atom is -0.342 e. The average Bonchev–Trinajstić information content (AvgIpc) is 2.81. The lowest BCUT2D eigenvalue weighted by molar-refractivity contribution is -0.157. The Morgan fingerprint density at radius 2 is 1.88 bits per heavy atom. The van der Waals surface area contributed by atoms with Crippen molar-refractivity contribution in [3.63, 3.8) is 0 Å². The van der Waals surface area contributed by atoms with Crippen LogP contribution in [0.1, 0.15) is 46.0 Å². The number of nitrogens with zero attached hydrogens (tertiary/aromatic N) is 1. The summed E-state index contributed by atoms with van der Waals surface area (Å²) < 4.78 is 0. The Balaban J connectivity index is 1.72. The van der Waals surface area contributed by atoms with Crippen LogP contribution < -0.4 is 0 Å². The van der Waals surface area contributed by atoms with Gasteiger partial charge in [0.15, 0.2) is 0 Å². The second-order valence-corrected chi connectivity index (χ2v) is 6.58. The smallest absolute Gasteiger partial charge is 0.225 e. The highest BCUT2D eigenvalue weighted by molar-refractivity contribution is 5.80. The first-order valence-corrected chi connectivity index (χ1v) is 6.89. The van der Waals surface area contributed by atoms with E-state index in [4.69, 9.17) is 0 Å². The molecule has 2 bridgehead atoms. The molecule has 1 saturated heterocycles. The van der Waals surface area contributed by atoms with Crippen molar-refractivity contribution in [2.75, 3.05) is 13.1 Å². The van der Waals surface area contributed by atoms with Crippen molar-refractivity contribution in [1.29, 1.82) is 0 Å². The molecule has 0 spiro atoms. The van der Waals surface area contributed by atoms with E-state index in [1.165, 1.54) is 25.7 Å². The Bertz CT molecular complexity index is 302. The van der Waals surface area contributed by atoms with Crippen LogP contribution in [0.15, 0.2) is 0 Å². The van der Waals surface area contributed by atoms with E-state index in [9.17, 15) is 4.79 Å². The summed E-state index contributed by atoms with van der Waals surface area (Å²) in [6.07, 6.45) is 6.20. The zero-order valence-corrected chi connectivity index (χ0v) is 10.5. The summed E-state index contributed by atoms with van der Waals surface area (Å²) in [5.41, 5.74) is 0.443. The molecule has 2 nitrogen and oxygen atoms in total. The topological polar surface area (TPSA) is 20.3 Å². The van der Waals surface area contributed by atoms with Crippen molar-refractivity contribution in [3.05, 3.63) is 0 Å². The fourth-order valence-electron chi connectivity index (χ4n) is 4.28. The van der Waals surface area contributed by atoms with E-state index in [2.05, 4.69) is 18.7 Å². The molecule has 0 aromatic rings. The van der Waals surface area contributed by atoms with E-state index in [0.717, 1.165) is 25.4 Å². The van der Waals surface area contributed by atoms with Gasteiger partial charge >= 0.3 is 0 Å². The molecule has 1 heterocycles. The first-order chi connectivity index (χ1) is 7.60. The molecule has 0 aromatic heterocycles. The van der Waals surface area contributed by atoms with Gasteiger partial charge in [0.1, 0.15) is 0 Å². The summed E-state index contributed by atoms with van der Waals surface area (Å²) in [5, 5.41) is 0.